The fraction of sp³-hybridized carbons (Fsp3) is 0.364. The van der Waals surface area contributed by atoms with Crippen LogP contribution >= 0.6 is 0 Å². The van der Waals surface area contributed by atoms with Crippen LogP contribution < -0.4 is 11.1 Å². The van der Waals surface area contributed by atoms with Gasteiger partial charge < -0.3 is 15.6 Å². The number of benzene rings is 1. The van der Waals surface area contributed by atoms with Gasteiger partial charge in [0.2, 0.25) is 0 Å². The molecule has 80 valence electrons. The minimum absolute atomic E-state index is 0.194. The molecular weight excluding hydrogens is 190 g/mol. The zero-order chi connectivity index (χ0) is 10.8. The van der Waals surface area contributed by atoms with E-state index in [1.807, 2.05) is 32.0 Å². The molecule has 2 rings (SSSR count). The van der Waals surface area contributed by atoms with Crippen molar-refractivity contribution < 1.29 is 4.52 Å². The summed E-state index contributed by atoms with van der Waals surface area (Å²) >= 11 is 0. The topological polar surface area (TPSA) is 64.1 Å². The number of fused-ring (bicyclic) bond motifs is 1. The van der Waals surface area contributed by atoms with Crippen LogP contribution in [-0.2, 0) is 0 Å². The van der Waals surface area contributed by atoms with Crippen molar-refractivity contribution in [3.8, 4) is 0 Å². The summed E-state index contributed by atoms with van der Waals surface area (Å²) in [5, 5.41) is 8.19. The first kappa shape index (κ1) is 9.98. The Hall–Kier alpha value is -1.55. The van der Waals surface area contributed by atoms with Gasteiger partial charge in [0.1, 0.15) is 0 Å². The third-order valence-electron chi connectivity index (χ3n) is 2.36. The molecule has 1 aromatic heterocycles. The van der Waals surface area contributed by atoms with Gasteiger partial charge in [0.05, 0.1) is 5.39 Å². The molecule has 1 aromatic carbocycles. The van der Waals surface area contributed by atoms with Gasteiger partial charge in [-0.05, 0) is 31.5 Å². The van der Waals surface area contributed by atoms with Gasteiger partial charge in [-0.1, -0.05) is 11.2 Å². The highest BCUT2D eigenvalue weighted by atomic mass is 16.5. The maximum absolute atomic E-state index is 5.54. The second-order valence-electron chi connectivity index (χ2n) is 3.81. The van der Waals surface area contributed by atoms with Crippen LogP contribution in [0.2, 0.25) is 0 Å². The van der Waals surface area contributed by atoms with Gasteiger partial charge in [0.25, 0.3) is 0 Å². The van der Waals surface area contributed by atoms with Crippen molar-refractivity contribution in [1.29, 1.82) is 0 Å². The average molecular weight is 205 g/mol. The van der Waals surface area contributed by atoms with E-state index in [9.17, 15) is 0 Å². The molecular formula is C11H15N3O. The summed E-state index contributed by atoms with van der Waals surface area (Å²) in [6.07, 6.45) is 0. The lowest BCUT2D eigenvalue weighted by molar-refractivity contribution is 0.458. The van der Waals surface area contributed by atoms with E-state index in [0.717, 1.165) is 22.4 Å². The monoisotopic (exact) mass is 205 g/mol. The van der Waals surface area contributed by atoms with Crippen LogP contribution in [0.5, 0.6) is 0 Å². The summed E-state index contributed by atoms with van der Waals surface area (Å²) in [6.45, 7) is 4.60. The number of hydrogen-bond acceptors (Lipinski definition) is 4. The average Bonchev–Trinajstić information content (AvgIpc) is 2.60. The fourth-order valence-corrected chi connectivity index (χ4v) is 1.44. The molecule has 4 nitrogen and oxygen atoms in total. The second kappa shape index (κ2) is 3.90. The fourth-order valence-electron chi connectivity index (χ4n) is 1.44. The van der Waals surface area contributed by atoms with Gasteiger partial charge in [-0.2, -0.15) is 0 Å². The lowest BCUT2D eigenvalue weighted by Gasteiger charge is -2.09. The molecule has 1 unspecified atom stereocenters. The molecule has 0 radical (unpaired) electrons. The van der Waals surface area contributed by atoms with Crippen molar-refractivity contribution in [2.45, 2.75) is 19.9 Å². The number of hydrogen-bond donors (Lipinski definition) is 2. The van der Waals surface area contributed by atoms with Crippen LogP contribution in [0.1, 0.15) is 12.5 Å². The number of nitrogens with two attached hydrogens (primary N) is 1. The van der Waals surface area contributed by atoms with Crippen LogP contribution in [0.15, 0.2) is 22.7 Å². The molecule has 0 saturated heterocycles. The molecule has 4 heteroatoms. The van der Waals surface area contributed by atoms with Crippen molar-refractivity contribution in [2.75, 3.05) is 11.9 Å². The third kappa shape index (κ3) is 1.94. The van der Waals surface area contributed by atoms with Crippen LogP contribution in [-0.4, -0.2) is 17.7 Å². The van der Waals surface area contributed by atoms with E-state index in [1.165, 1.54) is 0 Å². The minimum atomic E-state index is 0.194. The van der Waals surface area contributed by atoms with Gasteiger partial charge in [-0.3, -0.25) is 0 Å². The summed E-state index contributed by atoms with van der Waals surface area (Å²) in [5.41, 5.74) is 7.51. The number of nitrogens with zero attached hydrogens (tertiary/aromatic N) is 1. The molecule has 1 atom stereocenters. The standard InChI is InChI=1S/C11H15N3O/c1-7-3-4-9-10(5-7)15-14-11(9)13-8(2)6-12/h3-5,8H,6,12H2,1-2H3,(H,13,14). The molecule has 0 amide bonds. The Morgan fingerprint density at radius 1 is 1.53 bits per heavy atom. The van der Waals surface area contributed by atoms with E-state index >= 15 is 0 Å². The highest BCUT2D eigenvalue weighted by Gasteiger charge is 2.09. The Kier molecular flexibility index (Phi) is 2.60. The Balaban J connectivity index is 2.36. The molecule has 1 heterocycles. The smallest absolute Gasteiger partial charge is 0.177 e. The quantitative estimate of drug-likeness (QED) is 0.803. The van der Waals surface area contributed by atoms with Crippen LogP contribution in [0.4, 0.5) is 5.82 Å². The van der Waals surface area contributed by atoms with Crippen molar-refractivity contribution in [2.24, 2.45) is 5.73 Å². The van der Waals surface area contributed by atoms with E-state index in [4.69, 9.17) is 10.3 Å². The molecule has 2 aromatic rings. The minimum Gasteiger partial charge on any atom is -0.363 e. The lowest BCUT2D eigenvalue weighted by atomic mass is 10.2. The molecule has 0 saturated carbocycles. The summed E-state index contributed by atoms with van der Waals surface area (Å²) < 4.78 is 5.22. The maximum Gasteiger partial charge on any atom is 0.177 e. The van der Waals surface area contributed by atoms with Gasteiger partial charge >= 0.3 is 0 Å². The van der Waals surface area contributed by atoms with Crippen molar-refractivity contribution in [3.63, 3.8) is 0 Å². The van der Waals surface area contributed by atoms with Crippen LogP contribution in [0.25, 0.3) is 11.0 Å². The Labute approximate surface area is 88.4 Å². The molecule has 0 fully saturated rings. The van der Waals surface area contributed by atoms with Crippen LogP contribution in [0.3, 0.4) is 0 Å². The molecule has 15 heavy (non-hydrogen) atoms. The first-order valence-corrected chi connectivity index (χ1v) is 5.03. The van der Waals surface area contributed by atoms with Crippen molar-refractivity contribution in [1.82, 2.24) is 5.16 Å². The summed E-state index contributed by atoms with van der Waals surface area (Å²) in [4.78, 5) is 0. The van der Waals surface area contributed by atoms with Gasteiger partial charge in [-0.25, -0.2) is 0 Å². The summed E-state index contributed by atoms with van der Waals surface area (Å²) in [5.74, 6) is 0.767. The first-order valence-electron chi connectivity index (χ1n) is 5.03. The molecule has 0 aliphatic rings. The number of rotatable bonds is 3. The first-order chi connectivity index (χ1) is 7.20. The van der Waals surface area contributed by atoms with Gasteiger partial charge in [-0.15, -0.1) is 0 Å². The van der Waals surface area contributed by atoms with Crippen LogP contribution in [0, 0.1) is 6.92 Å². The van der Waals surface area contributed by atoms with Crippen molar-refractivity contribution >= 4 is 16.8 Å². The number of aryl methyl sites for hydroxylation is 1. The van der Waals surface area contributed by atoms with E-state index in [-0.39, 0.29) is 6.04 Å². The number of aromatic nitrogens is 1. The molecule has 0 bridgehead atoms. The number of nitrogens with one attached hydrogen (secondary N) is 1. The summed E-state index contributed by atoms with van der Waals surface area (Å²) in [6, 6.07) is 6.21. The van der Waals surface area contributed by atoms with E-state index in [0.29, 0.717) is 6.54 Å². The summed E-state index contributed by atoms with van der Waals surface area (Å²) in [7, 11) is 0. The Morgan fingerprint density at radius 2 is 2.33 bits per heavy atom. The maximum atomic E-state index is 5.54. The highest BCUT2D eigenvalue weighted by molar-refractivity contribution is 5.88. The zero-order valence-corrected chi connectivity index (χ0v) is 8.95. The predicted octanol–water partition coefficient (Wildman–Crippen LogP) is 1.90. The normalized spacial score (nSPS) is 13.0. The SMILES string of the molecule is Cc1ccc2c(NC(C)CN)noc2c1. The molecule has 0 spiro atoms. The third-order valence-corrected chi connectivity index (χ3v) is 2.36. The van der Waals surface area contributed by atoms with E-state index < -0.39 is 0 Å². The highest BCUT2D eigenvalue weighted by Crippen LogP contribution is 2.23. The van der Waals surface area contributed by atoms with E-state index in [1.54, 1.807) is 0 Å². The molecule has 3 N–H and O–H groups in total. The predicted molar refractivity (Wildman–Crippen MR) is 60.9 cm³/mol. The van der Waals surface area contributed by atoms with Crippen molar-refractivity contribution in [3.05, 3.63) is 23.8 Å². The molecule has 0 aliphatic carbocycles. The second-order valence-corrected chi connectivity index (χ2v) is 3.81. The Morgan fingerprint density at radius 3 is 3.07 bits per heavy atom. The van der Waals surface area contributed by atoms with E-state index in [2.05, 4.69) is 10.5 Å². The largest absolute Gasteiger partial charge is 0.363 e. The zero-order valence-electron chi connectivity index (χ0n) is 8.95. The van der Waals surface area contributed by atoms with Gasteiger partial charge in [0.15, 0.2) is 11.4 Å². The molecule has 0 aliphatic heterocycles. The Bertz CT molecular complexity index is 464. The van der Waals surface area contributed by atoms with Gasteiger partial charge in [0, 0.05) is 12.6 Å². The lowest BCUT2D eigenvalue weighted by Crippen LogP contribution is -2.25. The number of anilines is 1.